The van der Waals surface area contributed by atoms with Crippen LogP contribution < -0.4 is 5.32 Å². The van der Waals surface area contributed by atoms with Gasteiger partial charge in [-0.25, -0.2) is 0 Å². The Balaban J connectivity index is 2.40. The van der Waals surface area contributed by atoms with Gasteiger partial charge in [0, 0.05) is 0 Å². The van der Waals surface area contributed by atoms with E-state index in [-0.39, 0.29) is 0 Å². The normalized spacial score (nSPS) is 23.2. The minimum atomic E-state index is 0.525. The quantitative estimate of drug-likeness (QED) is 0.588. The van der Waals surface area contributed by atoms with E-state index in [4.69, 9.17) is 0 Å². The van der Waals surface area contributed by atoms with E-state index >= 15 is 0 Å². The Morgan fingerprint density at radius 1 is 1.00 bits per heavy atom. The zero-order valence-electron chi connectivity index (χ0n) is 8.82. The van der Waals surface area contributed by atoms with E-state index in [9.17, 15) is 0 Å². The molecule has 1 heterocycles. The number of nitrogens with one attached hydrogen (secondary N) is 1. The third kappa shape index (κ3) is 3.14. The van der Waals surface area contributed by atoms with Crippen molar-refractivity contribution in [1.29, 1.82) is 0 Å². The molecule has 1 rings (SSSR count). The summed E-state index contributed by atoms with van der Waals surface area (Å²) in [6.45, 7) is 9.60. The SMILES string of the molecule is CC(C)(C)C1CCCNCCC1. The minimum Gasteiger partial charge on any atom is -0.317 e. The van der Waals surface area contributed by atoms with E-state index in [1.54, 1.807) is 0 Å². The van der Waals surface area contributed by atoms with E-state index < -0.39 is 0 Å². The third-order valence-electron chi connectivity index (χ3n) is 3.04. The first kappa shape index (κ1) is 10.0. The van der Waals surface area contributed by atoms with Gasteiger partial charge < -0.3 is 5.32 Å². The van der Waals surface area contributed by atoms with Gasteiger partial charge in [0.05, 0.1) is 0 Å². The van der Waals surface area contributed by atoms with Gasteiger partial charge in [0.1, 0.15) is 0 Å². The van der Waals surface area contributed by atoms with Crippen LogP contribution in [0.1, 0.15) is 46.5 Å². The fourth-order valence-corrected chi connectivity index (χ4v) is 2.08. The molecule has 0 unspecified atom stereocenters. The molecule has 1 aliphatic rings. The van der Waals surface area contributed by atoms with Crippen LogP contribution in [-0.4, -0.2) is 13.1 Å². The maximum Gasteiger partial charge on any atom is -0.00488 e. The second-order valence-corrected chi connectivity index (χ2v) is 5.10. The smallest absolute Gasteiger partial charge is 0.00488 e. The molecule has 72 valence electrons. The van der Waals surface area contributed by atoms with E-state index in [0.29, 0.717) is 5.41 Å². The van der Waals surface area contributed by atoms with Gasteiger partial charge in [-0.2, -0.15) is 0 Å². The zero-order valence-corrected chi connectivity index (χ0v) is 8.82. The minimum absolute atomic E-state index is 0.525. The first-order chi connectivity index (χ1) is 5.61. The summed E-state index contributed by atoms with van der Waals surface area (Å²) in [6.07, 6.45) is 5.55. The van der Waals surface area contributed by atoms with Crippen molar-refractivity contribution in [2.24, 2.45) is 11.3 Å². The molecule has 12 heavy (non-hydrogen) atoms. The number of hydrogen-bond acceptors (Lipinski definition) is 1. The zero-order chi connectivity index (χ0) is 9.03. The Labute approximate surface area is 76.9 Å². The van der Waals surface area contributed by atoms with E-state index in [0.717, 1.165) is 5.92 Å². The number of hydrogen-bond donors (Lipinski definition) is 1. The van der Waals surface area contributed by atoms with Crippen LogP contribution in [0.15, 0.2) is 0 Å². The van der Waals surface area contributed by atoms with Crippen LogP contribution in [-0.2, 0) is 0 Å². The largest absolute Gasteiger partial charge is 0.317 e. The molecule has 0 atom stereocenters. The molecule has 0 radical (unpaired) electrons. The van der Waals surface area contributed by atoms with Gasteiger partial charge in [-0.15, -0.1) is 0 Å². The first-order valence-corrected chi connectivity index (χ1v) is 5.31. The molecule has 0 amide bonds. The van der Waals surface area contributed by atoms with Crippen LogP contribution >= 0.6 is 0 Å². The van der Waals surface area contributed by atoms with Crippen molar-refractivity contribution in [3.8, 4) is 0 Å². The Morgan fingerprint density at radius 3 is 1.92 bits per heavy atom. The van der Waals surface area contributed by atoms with E-state index in [1.165, 1.54) is 38.8 Å². The highest BCUT2D eigenvalue weighted by molar-refractivity contribution is 4.76. The monoisotopic (exact) mass is 169 g/mol. The summed E-state index contributed by atoms with van der Waals surface area (Å²) in [5.41, 5.74) is 0.525. The lowest BCUT2D eigenvalue weighted by Gasteiger charge is -2.32. The fraction of sp³-hybridized carbons (Fsp3) is 1.00. The average molecular weight is 169 g/mol. The molecule has 1 saturated heterocycles. The third-order valence-corrected chi connectivity index (χ3v) is 3.04. The van der Waals surface area contributed by atoms with Gasteiger partial charge in [0.15, 0.2) is 0 Å². The lowest BCUT2D eigenvalue weighted by molar-refractivity contribution is 0.196. The predicted molar refractivity (Wildman–Crippen MR) is 54.3 cm³/mol. The van der Waals surface area contributed by atoms with Crippen molar-refractivity contribution in [2.45, 2.75) is 46.5 Å². The van der Waals surface area contributed by atoms with Gasteiger partial charge >= 0.3 is 0 Å². The molecule has 0 aliphatic carbocycles. The second kappa shape index (κ2) is 4.27. The van der Waals surface area contributed by atoms with Crippen LogP contribution in [0.25, 0.3) is 0 Å². The van der Waals surface area contributed by atoms with E-state index in [2.05, 4.69) is 26.1 Å². The topological polar surface area (TPSA) is 12.0 Å². The molecule has 0 aromatic heterocycles. The van der Waals surface area contributed by atoms with Crippen LogP contribution in [0.2, 0.25) is 0 Å². The average Bonchev–Trinajstić information content (AvgIpc) is 1.81. The van der Waals surface area contributed by atoms with Crippen LogP contribution in [0.3, 0.4) is 0 Å². The molecule has 1 N–H and O–H groups in total. The lowest BCUT2D eigenvalue weighted by atomic mass is 9.75. The standard InChI is InChI=1S/C11H23N/c1-11(2,3)10-6-4-8-12-9-5-7-10/h10,12H,4-9H2,1-3H3. The summed E-state index contributed by atoms with van der Waals surface area (Å²) in [5.74, 6) is 0.944. The maximum atomic E-state index is 3.46. The summed E-state index contributed by atoms with van der Waals surface area (Å²) >= 11 is 0. The van der Waals surface area contributed by atoms with Crippen molar-refractivity contribution in [3.63, 3.8) is 0 Å². The Bertz CT molecular complexity index is 115. The van der Waals surface area contributed by atoms with Crippen molar-refractivity contribution >= 4 is 0 Å². The predicted octanol–water partition coefficient (Wildman–Crippen LogP) is 2.81. The second-order valence-electron chi connectivity index (χ2n) is 5.10. The molecule has 1 heteroatoms. The molecule has 0 aromatic carbocycles. The van der Waals surface area contributed by atoms with Crippen LogP contribution in [0.4, 0.5) is 0 Å². The van der Waals surface area contributed by atoms with Gasteiger partial charge in [-0.05, 0) is 50.1 Å². The van der Waals surface area contributed by atoms with Crippen molar-refractivity contribution in [1.82, 2.24) is 5.32 Å². The highest BCUT2D eigenvalue weighted by Crippen LogP contribution is 2.33. The number of rotatable bonds is 0. The molecular formula is C11H23N. The summed E-state index contributed by atoms with van der Waals surface area (Å²) in [4.78, 5) is 0. The van der Waals surface area contributed by atoms with Gasteiger partial charge in [-0.3, -0.25) is 0 Å². The lowest BCUT2D eigenvalue weighted by Crippen LogP contribution is -2.27. The van der Waals surface area contributed by atoms with Crippen LogP contribution in [0.5, 0.6) is 0 Å². The van der Waals surface area contributed by atoms with Crippen LogP contribution in [0, 0.1) is 11.3 Å². The van der Waals surface area contributed by atoms with Gasteiger partial charge in [0.25, 0.3) is 0 Å². The Kier molecular flexibility index (Phi) is 3.57. The molecule has 1 aliphatic heterocycles. The Morgan fingerprint density at radius 2 is 1.50 bits per heavy atom. The highest BCUT2D eigenvalue weighted by Gasteiger charge is 2.24. The molecule has 0 saturated carbocycles. The van der Waals surface area contributed by atoms with Crippen molar-refractivity contribution < 1.29 is 0 Å². The molecule has 0 spiro atoms. The first-order valence-electron chi connectivity index (χ1n) is 5.31. The van der Waals surface area contributed by atoms with Gasteiger partial charge in [-0.1, -0.05) is 20.8 Å². The molecule has 1 nitrogen and oxygen atoms in total. The molecule has 0 aromatic rings. The fourth-order valence-electron chi connectivity index (χ4n) is 2.08. The van der Waals surface area contributed by atoms with Crippen molar-refractivity contribution in [3.05, 3.63) is 0 Å². The summed E-state index contributed by atoms with van der Waals surface area (Å²) in [5, 5.41) is 3.46. The van der Waals surface area contributed by atoms with E-state index in [1.807, 2.05) is 0 Å². The Hall–Kier alpha value is -0.0400. The van der Waals surface area contributed by atoms with Crippen molar-refractivity contribution in [2.75, 3.05) is 13.1 Å². The summed E-state index contributed by atoms with van der Waals surface area (Å²) in [6, 6.07) is 0. The van der Waals surface area contributed by atoms with Gasteiger partial charge in [0.2, 0.25) is 0 Å². The summed E-state index contributed by atoms with van der Waals surface area (Å²) < 4.78 is 0. The molecular weight excluding hydrogens is 146 g/mol. The molecule has 0 bridgehead atoms. The molecule has 1 fully saturated rings. The maximum absolute atomic E-state index is 3.46. The highest BCUT2D eigenvalue weighted by atomic mass is 14.8. The summed E-state index contributed by atoms with van der Waals surface area (Å²) in [7, 11) is 0.